The van der Waals surface area contributed by atoms with Crippen molar-refractivity contribution in [1.29, 1.82) is 0 Å². The molecule has 2 rings (SSSR count). The zero-order valence-corrected chi connectivity index (χ0v) is 8.11. The number of pyridine rings is 1. The molecule has 2 aromatic rings. The van der Waals surface area contributed by atoms with Gasteiger partial charge < -0.3 is 20.3 Å². The predicted octanol–water partition coefficient (Wildman–Crippen LogP) is -0.313. The van der Waals surface area contributed by atoms with Gasteiger partial charge in [-0.15, -0.1) is 0 Å². The third-order valence-electron chi connectivity index (χ3n) is 2.30. The number of aromatic nitrogens is 2. The molecule has 0 aliphatic heterocycles. The molecule has 0 saturated heterocycles. The normalized spacial score (nSPS) is 15.4. The van der Waals surface area contributed by atoms with Crippen LogP contribution in [0, 0.1) is 0 Å². The molecule has 2 aromatic heterocycles. The van der Waals surface area contributed by atoms with Crippen molar-refractivity contribution in [3.05, 3.63) is 36.3 Å². The molecule has 80 valence electrons. The van der Waals surface area contributed by atoms with E-state index in [0.717, 1.165) is 5.65 Å². The number of aliphatic hydroxyl groups is 2. The zero-order valence-electron chi connectivity index (χ0n) is 8.11. The largest absolute Gasteiger partial charge is 0.395 e. The van der Waals surface area contributed by atoms with Gasteiger partial charge in [0.15, 0.2) is 0 Å². The van der Waals surface area contributed by atoms with Gasteiger partial charge in [-0.2, -0.15) is 0 Å². The Morgan fingerprint density at radius 1 is 1.47 bits per heavy atom. The fourth-order valence-corrected chi connectivity index (χ4v) is 1.42. The van der Waals surface area contributed by atoms with Gasteiger partial charge in [0.2, 0.25) is 0 Å². The summed E-state index contributed by atoms with van der Waals surface area (Å²) in [7, 11) is 0. The van der Waals surface area contributed by atoms with E-state index < -0.39 is 12.1 Å². The van der Waals surface area contributed by atoms with Crippen LogP contribution in [0.25, 0.3) is 5.65 Å². The first kappa shape index (κ1) is 10.1. The Balaban J connectivity index is 2.36. The lowest BCUT2D eigenvalue weighted by atomic mass is 10.1. The molecule has 5 nitrogen and oxygen atoms in total. The van der Waals surface area contributed by atoms with Gasteiger partial charge in [0.25, 0.3) is 0 Å². The standard InChI is InChI=1S/C10H13N3O2/c11-7(6-14)10(15)8-5-13-4-2-1-3-9(13)12-8/h1-5,7,10,14-15H,6,11H2. The Bertz CT molecular complexity index is 422. The Morgan fingerprint density at radius 2 is 2.27 bits per heavy atom. The molecule has 0 saturated carbocycles. The highest BCUT2D eigenvalue weighted by Crippen LogP contribution is 2.15. The first-order valence-electron chi connectivity index (χ1n) is 4.70. The SMILES string of the molecule is NC(CO)C(O)c1cn2ccccc2n1. The van der Waals surface area contributed by atoms with E-state index in [0.29, 0.717) is 5.69 Å². The molecule has 2 heterocycles. The maximum absolute atomic E-state index is 9.73. The minimum absolute atomic E-state index is 0.269. The van der Waals surface area contributed by atoms with Crippen LogP contribution in [0.5, 0.6) is 0 Å². The van der Waals surface area contributed by atoms with Crippen molar-refractivity contribution in [1.82, 2.24) is 9.38 Å². The van der Waals surface area contributed by atoms with Gasteiger partial charge in [-0.1, -0.05) is 6.07 Å². The van der Waals surface area contributed by atoms with Gasteiger partial charge in [0.1, 0.15) is 11.8 Å². The molecule has 0 fully saturated rings. The van der Waals surface area contributed by atoms with Gasteiger partial charge in [-0.25, -0.2) is 4.98 Å². The number of imidazole rings is 1. The van der Waals surface area contributed by atoms with Gasteiger partial charge in [0.05, 0.1) is 18.3 Å². The molecular formula is C10H13N3O2. The average Bonchev–Trinajstić information content (AvgIpc) is 2.70. The molecule has 2 unspecified atom stereocenters. The first-order chi connectivity index (χ1) is 7.22. The summed E-state index contributed by atoms with van der Waals surface area (Å²) < 4.78 is 1.79. The monoisotopic (exact) mass is 207 g/mol. The van der Waals surface area contributed by atoms with E-state index in [2.05, 4.69) is 4.98 Å². The highest BCUT2D eigenvalue weighted by molar-refractivity contribution is 5.39. The molecule has 0 spiro atoms. The molecule has 0 radical (unpaired) electrons. The Labute approximate surface area is 86.8 Å². The number of rotatable bonds is 3. The van der Waals surface area contributed by atoms with Crippen molar-refractivity contribution in [2.45, 2.75) is 12.1 Å². The number of nitrogens with zero attached hydrogens (tertiary/aromatic N) is 2. The quantitative estimate of drug-likeness (QED) is 0.644. The van der Waals surface area contributed by atoms with E-state index in [1.54, 1.807) is 10.6 Å². The second-order valence-corrected chi connectivity index (χ2v) is 3.42. The van der Waals surface area contributed by atoms with E-state index in [1.165, 1.54) is 0 Å². The van der Waals surface area contributed by atoms with Crippen LogP contribution in [-0.4, -0.2) is 32.2 Å². The molecule has 0 aliphatic carbocycles. The van der Waals surface area contributed by atoms with Crippen LogP contribution in [0.4, 0.5) is 0 Å². The molecule has 2 atom stereocenters. The Kier molecular flexibility index (Phi) is 2.68. The van der Waals surface area contributed by atoms with E-state index in [-0.39, 0.29) is 6.61 Å². The van der Waals surface area contributed by atoms with Gasteiger partial charge in [-0.05, 0) is 12.1 Å². The number of hydrogen-bond acceptors (Lipinski definition) is 4. The average molecular weight is 207 g/mol. The maximum Gasteiger partial charge on any atom is 0.137 e. The highest BCUT2D eigenvalue weighted by atomic mass is 16.3. The van der Waals surface area contributed by atoms with Gasteiger partial charge in [0, 0.05) is 12.4 Å². The number of fused-ring (bicyclic) bond motifs is 1. The summed E-state index contributed by atoms with van der Waals surface area (Å²) >= 11 is 0. The molecule has 5 heteroatoms. The minimum Gasteiger partial charge on any atom is -0.395 e. The summed E-state index contributed by atoms with van der Waals surface area (Å²) in [5.74, 6) is 0. The van der Waals surface area contributed by atoms with E-state index in [1.807, 2.05) is 24.4 Å². The fraction of sp³-hybridized carbons (Fsp3) is 0.300. The van der Waals surface area contributed by atoms with Crippen LogP contribution in [-0.2, 0) is 0 Å². The van der Waals surface area contributed by atoms with Crippen LogP contribution in [0.1, 0.15) is 11.8 Å². The van der Waals surface area contributed by atoms with Crippen molar-refractivity contribution in [2.24, 2.45) is 5.73 Å². The highest BCUT2D eigenvalue weighted by Gasteiger charge is 2.18. The van der Waals surface area contributed by atoms with E-state index in [4.69, 9.17) is 10.8 Å². The summed E-state index contributed by atoms with van der Waals surface area (Å²) in [6.45, 7) is -0.269. The number of nitrogens with two attached hydrogens (primary N) is 1. The molecular weight excluding hydrogens is 194 g/mol. The van der Waals surface area contributed by atoms with E-state index in [9.17, 15) is 5.11 Å². The van der Waals surface area contributed by atoms with Crippen molar-refractivity contribution in [3.63, 3.8) is 0 Å². The molecule has 4 N–H and O–H groups in total. The first-order valence-corrected chi connectivity index (χ1v) is 4.70. The topological polar surface area (TPSA) is 83.8 Å². The van der Waals surface area contributed by atoms with E-state index >= 15 is 0 Å². The summed E-state index contributed by atoms with van der Waals surface area (Å²) in [5, 5.41) is 18.6. The van der Waals surface area contributed by atoms with Crippen molar-refractivity contribution >= 4 is 5.65 Å². The summed E-state index contributed by atoms with van der Waals surface area (Å²) in [6.07, 6.45) is 2.60. The molecule has 0 amide bonds. The molecule has 0 aliphatic rings. The van der Waals surface area contributed by atoms with Crippen LogP contribution in [0.2, 0.25) is 0 Å². The Morgan fingerprint density at radius 3 is 2.93 bits per heavy atom. The molecule has 15 heavy (non-hydrogen) atoms. The zero-order chi connectivity index (χ0) is 10.8. The number of hydrogen-bond donors (Lipinski definition) is 3. The lowest BCUT2D eigenvalue weighted by Gasteiger charge is -2.13. The summed E-state index contributed by atoms with van der Waals surface area (Å²) in [4.78, 5) is 4.20. The lowest BCUT2D eigenvalue weighted by Crippen LogP contribution is -2.32. The smallest absolute Gasteiger partial charge is 0.137 e. The molecule has 0 bridgehead atoms. The van der Waals surface area contributed by atoms with Crippen LogP contribution >= 0.6 is 0 Å². The second-order valence-electron chi connectivity index (χ2n) is 3.42. The maximum atomic E-state index is 9.73. The number of aliphatic hydroxyl groups excluding tert-OH is 2. The third kappa shape index (κ3) is 1.85. The summed E-state index contributed by atoms with van der Waals surface area (Å²) in [5.41, 5.74) is 6.74. The molecule has 0 aromatic carbocycles. The van der Waals surface area contributed by atoms with Crippen molar-refractivity contribution in [2.75, 3.05) is 6.61 Å². The predicted molar refractivity (Wildman–Crippen MR) is 55.2 cm³/mol. The lowest BCUT2D eigenvalue weighted by molar-refractivity contribution is 0.106. The fourth-order valence-electron chi connectivity index (χ4n) is 1.42. The minimum atomic E-state index is -0.935. The van der Waals surface area contributed by atoms with Crippen LogP contribution < -0.4 is 5.73 Å². The third-order valence-corrected chi connectivity index (χ3v) is 2.30. The second kappa shape index (κ2) is 3.98. The van der Waals surface area contributed by atoms with Crippen LogP contribution in [0.15, 0.2) is 30.6 Å². The van der Waals surface area contributed by atoms with Crippen LogP contribution in [0.3, 0.4) is 0 Å². The van der Waals surface area contributed by atoms with Gasteiger partial charge >= 0.3 is 0 Å². The van der Waals surface area contributed by atoms with Gasteiger partial charge in [-0.3, -0.25) is 0 Å². The van der Waals surface area contributed by atoms with Crippen molar-refractivity contribution < 1.29 is 10.2 Å². The Hall–Kier alpha value is -1.43. The summed E-state index contributed by atoms with van der Waals surface area (Å²) in [6, 6.07) is 4.87. The van der Waals surface area contributed by atoms with Crippen molar-refractivity contribution in [3.8, 4) is 0 Å².